The first-order valence-corrected chi connectivity index (χ1v) is 9.70. The standard InChI is InChI=1S/C23H19N3O2S/c1-26(2)23(28)29-18-10-7-9-17(14-18)25-22(27)21-13-6-5-12-20(21)19-11-4-3-8-16(19)15-24/h3-14H,1-2H3,(H,25,27). The molecule has 1 N–H and O–H groups in total. The van der Waals surface area contributed by atoms with E-state index in [0.29, 0.717) is 27.9 Å². The summed E-state index contributed by atoms with van der Waals surface area (Å²) >= 11 is 1.09. The van der Waals surface area contributed by atoms with Crippen LogP contribution < -0.4 is 5.32 Å². The van der Waals surface area contributed by atoms with Crippen molar-refractivity contribution >= 4 is 28.6 Å². The monoisotopic (exact) mass is 401 g/mol. The first-order chi connectivity index (χ1) is 14.0. The van der Waals surface area contributed by atoms with Crippen LogP contribution in [0.3, 0.4) is 0 Å². The second-order valence-electron chi connectivity index (χ2n) is 6.45. The quantitative estimate of drug-likeness (QED) is 0.606. The van der Waals surface area contributed by atoms with Crippen molar-refractivity contribution in [2.75, 3.05) is 19.4 Å². The van der Waals surface area contributed by atoms with Crippen LogP contribution in [0, 0.1) is 11.3 Å². The lowest BCUT2D eigenvalue weighted by molar-refractivity contribution is 0.102. The van der Waals surface area contributed by atoms with E-state index in [0.717, 1.165) is 16.7 Å². The molecule has 2 amide bonds. The number of nitriles is 1. The topological polar surface area (TPSA) is 73.2 Å². The van der Waals surface area contributed by atoms with Gasteiger partial charge in [-0.05, 0) is 47.7 Å². The van der Waals surface area contributed by atoms with Gasteiger partial charge in [-0.25, -0.2) is 0 Å². The molecule has 144 valence electrons. The van der Waals surface area contributed by atoms with Crippen LogP contribution in [0.1, 0.15) is 15.9 Å². The van der Waals surface area contributed by atoms with Crippen molar-refractivity contribution in [3.05, 3.63) is 83.9 Å². The molecule has 0 fully saturated rings. The van der Waals surface area contributed by atoms with Crippen molar-refractivity contribution in [2.45, 2.75) is 4.90 Å². The molecule has 0 radical (unpaired) electrons. The molecule has 0 saturated carbocycles. The Morgan fingerprint density at radius 1 is 0.931 bits per heavy atom. The van der Waals surface area contributed by atoms with Gasteiger partial charge in [-0.2, -0.15) is 5.26 Å². The maximum atomic E-state index is 13.0. The third-order valence-electron chi connectivity index (χ3n) is 4.17. The molecule has 0 bridgehead atoms. The Morgan fingerprint density at radius 2 is 1.62 bits per heavy atom. The predicted molar refractivity (Wildman–Crippen MR) is 116 cm³/mol. The molecule has 0 spiro atoms. The second-order valence-corrected chi connectivity index (χ2v) is 7.47. The van der Waals surface area contributed by atoms with Gasteiger partial charge in [0.25, 0.3) is 11.1 Å². The van der Waals surface area contributed by atoms with Crippen LogP contribution in [0.2, 0.25) is 0 Å². The summed E-state index contributed by atoms with van der Waals surface area (Å²) in [6.07, 6.45) is 0. The minimum atomic E-state index is -0.283. The van der Waals surface area contributed by atoms with Gasteiger partial charge < -0.3 is 10.2 Å². The molecule has 3 rings (SSSR count). The largest absolute Gasteiger partial charge is 0.339 e. The van der Waals surface area contributed by atoms with E-state index in [1.807, 2.05) is 30.3 Å². The summed E-state index contributed by atoms with van der Waals surface area (Å²) in [5.74, 6) is -0.283. The molecule has 29 heavy (non-hydrogen) atoms. The van der Waals surface area contributed by atoms with Gasteiger partial charge >= 0.3 is 0 Å². The molecule has 0 aliphatic rings. The number of hydrogen-bond donors (Lipinski definition) is 1. The third-order valence-corrected chi connectivity index (χ3v) is 5.20. The number of carbonyl (C=O) groups excluding carboxylic acids is 2. The van der Waals surface area contributed by atoms with Crippen molar-refractivity contribution in [2.24, 2.45) is 0 Å². The Kier molecular flexibility index (Phi) is 6.32. The Balaban J connectivity index is 1.88. The average Bonchev–Trinajstić information content (AvgIpc) is 2.73. The molecule has 3 aromatic rings. The van der Waals surface area contributed by atoms with E-state index in [-0.39, 0.29) is 11.1 Å². The van der Waals surface area contributed by atoms with Crippen molar-refractivity contribution < 1.29 is 9.59 Å². The van der Waals surface area contributed by atoms with E-state index in [2.05, 4.69) is 11.4 Å². The van der Waals surface area contributed by atoms with Gasteiger partial charge in [0, 0.05) is 35.8 Å². The van der Waals surface area contributed by atoms with Crippen LogP contribution in [0.5, 0.6) is 0 Å². The molecular weight excluding hydrogens is 382 g/mol. The fourth-order valence-corrected chi connectivity index (χ4v) is 3.48. The third kappa shape index (κ3) is 4.84. The summed E-state index contributed by atoms with van der Waals surface area (Å²) in [6, 6.07) is 23.7. The van der Waals surface area contributed by atoms with Crippen LogP contribution in [-0.4, -0.2) is 30.1 Å². The van der Waals surface area contributed by atoms with E-state index in [9.17, 15) is 14.9 Å². The van der Waals surface area contributed by atoms with Crippen molar-refractivity contribution in [1.29, 1.82) is 5.26 Å². The smallest absolute Gasteiger partial charge is 0.285 e. The fraction of sp³-hybridized carbons (Fsp3) is 0.0870. The van der Waals surface area contributed by atoms with Crippen molar-refractivity contribution in [3.8, 4) is 17.2 Å². The highest BCUT2D eigenvalue weighted by molar-refractivity contribution is 8.13. The normalized spacial score (nSPS) is 10.1. The summed E-state index contributed by atoms with van der Waals surface area (Å²) in [4.78, 5) is 27.1. The van der Waals surface area contributed by atoms with Gasteiger partial charge in [0.2, 0.25) is 0 Å². The van der Waals surface area contributed by atoms with E-state index in [1.165, 1.54) is 4.90 Å². The molecule has 0 saturated heterocycles. The number of nitrogens with zero attached hydrogens (tertiary/aromatic N) is 2. The van der Waals surface area contributed by atoms with Crippen molar-refractivity contribution in [3.63, 3.8) is 0 Å². The summed E-state index contributed by atoms with van der Waals surface area (Å²) in [7, 11) is 3.38. The van der Waals surface area contributed by atoms with E-state index < -0.39 is 0 Å². The molecular formula is C23H19N3O2S. The number of thioether (sulfide) groups is 1. The molecule has 0 atom stereocenters. The zero-order chi connectivity index (χ0) is 20.8. The SMILES string of the molecule is CN(C)C(=O)Sc1cccc(NC(=O)c2ccccc2-c2ccccc2C#N)c1. The maximum Gasteiger partial charge on any atom is 0.285 e. The molecule has 5 nitrogen and oxygen atoms in total. The summed E-state index contributed by atoms with van der Waals surface area (Å²) in [6.45, 7) is 0. The summed E-state index contributed by atoms with van der Waals surface area (Å²) in [5, 5.41) is 12.2. The number of amides is 2. The molecule has 0 aliphatic carbocycles. The van der Waals surface area contributed by atoms with Crippen molar-refractivity contribution in [1.82, 2.24) is 4.90 Å². The van der Waals surface area contributed by atoms with Gasteiger partial charge in [-0.1, -0.05) is 42.5 Å². The number of benzene rings is 3. The van der Waals surface area contributed by atoms with E-state index >= 15 is 0 Å². The molecule has 0 heterocycles. The van der Waals surface area contributed by atoms with Crippen LogP contribution in [0.15, 0.2) is 77.7 Å². The van der Waals surface area contributed by atoms with Gasteiger partial charge in [0.1, 0.15) is 0 Å². The lowest BCUT2D eigenvalue weighted by atomic mass is 9.95. The highest BCUT2D eigenvalue weighted by Gasteiger charge is 2.15. The zero-order valence-corrected chi connectivity index (χ0v) is 16.9. The Bertz CT molecular complexity index is 1100. The fourth-order valence-electron chi connectivity index (χ4n) is 2.76. The minimum absolute atomic E-state index is 0.0908. The first kappa shape index (κ1) is 20.2. The van der Waals surface area contributed by atoms with Gasteiger partial charge in [0.05, 0.1) is 11.6 Å². The predicted octanol–water partition coefficient (Wildman–Crippen LogP) is 5.25. The number of nitrogens with one attached hydrogen (secondary N) is 1. The van der Waals surface area contributed by atoms with Gasteiger partial charge in [0.15, 0.2) is 0 Å². The minimum Gasteiger partial charge on any atom is -0.339 e. The van der Waals surface area contributed by atoms with E-state index in [4.69, 9.17) is 0 Å². The molecule has 0 aliphatic heterocycles. The lowest BCUT2D eigenvalue weighted by Crippen LogP contribution is -2.16. The van der Waals surface area contributed by atoms with E-state index in [1.54, 1.807) is 56.6 Å². The highest BCUT2D eigenvalue weighted by atomic mass is 32.2. The number of rotatable bonds is 4. The van der Waals surface area contributed by atoms with Crippen LogP contribution in [0.25, 0.3) is 11.1 Å². The van der Waals surface area contributed by atoms with Crippen LogP contribution >= 0.6 is 11.8 Å². The first-order valence-electron chi connectivity index (χ1n) is 8.88. The number of carbonyl (C=O) groups is 2. The molecule has 0 unspecified atom stereocenters. The summed E-state index contributed by atoms with van der Waals surface area (Å²) < 4.78 is 0. The van der Waals surface area contributed by atoms with Crippen LogP contribution in [-0.2, 0) is 0 Å². The maximum absolute atomic E-state index is 13.0. The van der Waals surface area contributed by atoms with Gasteiger partial charge in [-0.3, -0.25) is 9.59 Å². The molecule has 6 heteroatoms. The average molecular weight is 401 g/mol. The highest BCUT2D eigenvalue weighted by Crippen LogP contribution is 2.28. The molecule has 3 aromatic carbocycles. The second kappa shape index (κ2) is 9.09. The zero-order valence-electron chi connectivity index (χ0n) is 16.0. The lowest BCUT2D eigenvalue weighted by Gasteiger charge is -2.13. The Labute approximate surface area is 174 Å². The number of hydrogen-bond acceptors (Lipinski definition) is 4. The van der Waals surface area contributed by atoms with Crippen LogP contribution in [0.4, 0.5) is 10.5 Å². The Hall–Kier alpha value is -3.56. The Morgan fingerprint density at radius 3 is 2.34 bits per heavy atom. The summed E-state index contributed by atoms with van der Waals surface area (Å²) in [5.41, 5.74) is 2.97. The van der Waals surface area contributed by atoms with Gasteiger partial charge in [-0.15, -0.1) is 0 Å². The molecule has 0 aromatic heterocycles. The number of anilines is 1.